The van der Waals surface area contributed by atoms with Gasteiger partial charge in [-0.05, 0) is 13.0 Å². The minimum Gasteiger partial charge on any atom is -0.396 e. The molecule has 0 fully saturated rings. The van der Waals surface area contributed by atoms with E-state index in [9.17, 15) is 0 Å². The molecule has 58 valence electrons. The summed E-state index contributed by atoms with van der Waals surface area (Å²) in [5, 5.41) is 27.9. The van der Waals surface area contributed by atoms with Crippen LogP contribution < -0.4 is 5.32 Å². The van der Waals surface area contributed by atoms with Gasteiger partial charge in [-0.15, -0.1) is 0 Å². The van der Waals surface area contributed by atoms with Crippen LogP contribution in [0.15, 0.2) is 0 Å². The highest BCUT2D eigenvalue weighted by atomic mass is 16.3. The van der Waals surface area contributed by atoms with Gasteiger partial charge in [0.1, 0.15) is 6.04 Å². The van der Waals surface area contributed by atoms with E-state index < -0.39 is 6.04 Å². The third kappa shape index (κ3) is 4.27. The van der Waals surface area contributed by atoms with Crippen LogP contribution >= 0.6 is 0 Å². The Morgan fingerprint density at radius 2 is 2.20 bits per heavy atom. The molecule has 0 spiro atoms. The van der Waals surface area contributed by atoms with E-state index >= 15 is 0 Å². The average Bonchev–Trinajstić information content (AvgIpc) is 1.99. The van der Waals surface area contributed by atoms with Gasteiger partial charge in [0.15, 0.2) is 0 Å². The van der Waals surface area contributed by atoms with Gasteiger partial charge in [-0.25, -0.2) is 0 Å². The lowest BCUT2D eigenvalue weighted by Gasteiger charge is -2.05. The summed E-state index contributed by atoms with van der Waals surface area (Å²) in [6.45, 7) is 0.494. The molecular weight excluding hydrogens is 132 g/mol. The lowest BCUT2D eigenvalue weighted by Crippen LogP contribution is -2.31. The number of nitriles is 1. The van der Waals surface area contributed by atoms with Crippen LogP contribution in [0.4, 0.5) is 0 Å². The fraction of sp³-hybridized carbons (Fsp3) is 0.833. The smallest absolute Gasteiger partial charge is 0.119 e. The fourth-order valence-electron chi connectivity index (χ4n) is 0.506. The number of rotatable bonds is 5. The first-order chi connectivity index (χ1) is 4.85. The molecular formula is C6H12N2O2. The molecule has 0 rings (SSSR count). The number of nitrogens with one attached hydrogen (secondary N) is 1. The lowest BCUT2D eigenvalue weighted by atomic mass is 10.3. The Hall–Kier alpha value is -0.630. The van der Waals surface area contributed by atoms with E-state index in [1.165, 1.54) is 0 Å². The first-order valence-corrected chi connectivity index (χ1v) is 3.20. The molecule has 0 aromatic heterocycles. The van der Waals surface area contributed by atoms with Gasteiger partial charge in [0.05, 0.1) is 12.7 Å². The van der Waals surface area contributed by atoms with E-state index in [2.05, 4.69) is 5.32 Å². The van der Waals surface area contributed by atoms with E-state index in [0.717, 1.165) is 0 Å². The molecule has 0 heterocycles. The minimum absolute atomic E-state index is 0.108. The third-order valence-electron chi connectivity index (χ3n) is 1.06. The summed E-state index contributed by atoms with van der Waals surface area (Å²) in [7, 11) is 0. The number of aliphatic hydroxyl groups excluding tert-OH is 2. The van der Waals surface area contributed by atoms with Gasteiger partial charge >= 0.3 is 0 Å². The maximum absolute atomic E-state index is 8.48. The first kappa shape index (κ1) is 9.37. The molecule has 0 amide bonds. The Balaban J connectivity index is 3.20. The van der Waals surface area contributed by atoms with Crippen molar-refractivity contribution < 1.29 is 10.2 Å². The first-order valence-electron chi connectivity index (χ1n) is 3.20. The predicted molar refractivity (Wildman–Crippen MR) is 36.2 cm³/mol. The van der Waals surface area contributed by atoms with Crippen molar-refractivity contribution in [1.82, 2.24) is 5.32 Å². The van der Waals surface area contributed by atoms with Crippen molar-refractivity contribution >= 4 is 0 Å². The Morgan fingerprint density at radius 3 is 2.60 bits per heavy atom. The van der Waals surface area contributed by atoms with Crippen LogP contribution in [0.3, 0.4) is 0 Å². The van der Waals surface area contributed by atoms with E-state index in [-0.39, 0.29) is 13.2 Å². The molecule has 4 heteroatoms. The van der Waals surface area contributed by atoms with Crippen molar-refractivity contribution in [3.8, 4) is 6.07 Å². The Bertz CT molecular complexity index is 111. The lowest BCUT2D eigenvalue weighted by molar-refractivity contribution is 0.255. The van der Waals surface area contributed by atoms with Crippen molar-refractivity contribution in [3.05, 3.63) is 0 Å². The van der Waals surface area contributed by atoms with Crippen LogP contribution in [-0.2, 0) is 0 Å². The van der Waals surface area contributed by atoms with Crippen molar-refractivity contribution in [2.24, 2.45) is 0 Å². The van der Waals surface area contributed by atoms with E-state index in [1.807, 2.05) is 6.07 Å². The highest BCUT2D eigenvalue weighted by Gasteiger charge is 2.01. The summed E-state index contributed by atoms with van der Waals surface area (Å²) in [4.78, 5) is 0. The molecule has 0 aliphatic rings. The van der Waals surface area contributed by atoms with Crippen LogP contribution in [0.5, 0.6) is 0 Å². The standard InChI is InChI=1S/C6H12N2O2/c7-4-6(5-10)8-2-1-3-9/h6,8-10H,1-3,5H2. The number of aliphatic hydroxyl groups is 2. The molecule has 0 saturated heterocycles. The topological polar surface area (TPSA) is 76.3 Å². The van der Waals surface area contributed by atoms with Gasteiger partial charge < -0.3 is 10.2 Å². The second-order valence-corrected chi connectivity index (χ2v) is 1.90. The van der Waals surface area contributed by atoms with E-state index in [4.69, 9.17) is 15.5 Å². The van der Waals surface area contributed by atoms with Crippen molar-refractivity contribution in [3.63, 3.8) is 0 Å². The zero-order valence-corrected chi connectivity index (χ0v) is 5.75. The third-order valence-corrected chi connectivity index (χ3v) is 1.06. The average molecular weight is 144 g/mol. The maximum Gasteiger partial charge on any atom is 0.119 e. The van der Waals surface area contributed by atoms with Gasteiger partial charge in [-0.3, -0.25) is 5.32 Å². The molecule has 3 N–H and O–H groups in total. The maximum atomic E-state index is 8.48. The summed E-state index contributed by atoms with van der Waals surface area (Å²) in [5.74, 6) is 0. The van der Waals surface area contributed by atoms with Crippen molar-refractivity contribution in [2.75, 3.05) is 19.8 Å². The zero-order chi connectivity index (χ0) is 7.82. The van der Waals surface area contributed by atoms with Crippen LogP contribution in [0.25, 0.3) is 0 Å². The molecule has 0 bridgehead atoms. The molecule has 0 aromatic rings. The van der Waals surface area contributed by atoms with Crippen LogP contribution in [-0.4, -0.2) is 36.0 Å². The van der Waals surface area contributed by atoms with E-state index in [1.54, 1.807) is 0 Å². The second kappa shape index (κ2) is 6.49. The number of hydrogen-bond acceptors (Lipinski definition) is 4. The molecule has 0 aromatic carbocycles. The molecule has 0 radical (unpaired) electrons. The van der Waals surface area contributed by atoms with Gasteiger partial charge in [0.2, 0.25) is 0 Å². The summed E-state index contributed by atoms with van der Waals surface area (Å²) >= 11 is 0. The SMILES string of the molecule is N#CC(CO)NCCCO. The molecule has 0 aliphatic carbocycles. The number of nitrogens with zero attached hydrogens (tertiary/aromatic N) is 1. The zero-order valence-electron chi connectivity index (χ0n) is 5.75. The van der Waals surface area contributed by atoms with Gasteiger partial charge in [-0.1, -0.05) is 0 Å². The second-order valence-electron chi connectivity index (χ2n) is 1.90. The van der Waals surface area contributed by atoms with Crippen LogP contribution in [0.2, 0.25) is 0 Å². The van der Waals surface area contributed by atoms with Gasteiger partial charge in [0.25, 0.3) is 0 Å². The number of hydrogen-bond donors (Lipinski definition) is 3. The monoisotopic (exact) mass is 144 g/mol. The largest absolute Gasteiger partial charge is 0.396 e. The summed E-state index contributed by atoms with van der Waals surface area (Å²) in [6.07, 6.45) is 0.609. The molecule has 1 unspecified atom stereocenters. The van der Waals surface area contributed by atoms with Gasteiger partial charge in [-0.2, -0.15) is 5.26 Å². The normalized spacial score (nSPS) is 12.5. The van der Waals surface area contributed by atoms with Crippen LogP contribution in [0, 0.1) is 11.3 Å². The molecule has 4 nitrogen and oxygen atoms in total. The van der Waals surface area contributed by atoms with E-state index in [0.29, 0.717) is 13.0 Å². The fourth-order valence-corrected chi connectivity index (χ4v) is 0.506. The molecule has 10 heavy (non-hydrogen) atoms. The Labute approximate surface area is 60.1 Å². The highest BCUT2D eigenvalue weighted by molar-refractivity contribution is 4.88. The van der Waals surface area contributed by atoms with Crippen molar-refractivity contribution in [2.45, 2.75) is 12.5 Å². The Morgan fingerprint density at radius 1 is 1.50 bits per heavy atom. The molecule has 0 saturated carbocycles. The molecule has 0 aliphatic heterocycles. The molecule has 1 atom stereocenters. The predicted octanol–water partition coefficient (Wildman–Crippen LogP) is -1.16. The summed E-state index contributed by atoms with van der Waals surface area (Å²) in [6, 6.07) is 1.37. The van der Waals surface area contributed by atoms with Gasteiger partial charge in [0, 0.05) is 6.61 Å². The summed E-state index contributed by atoms with van der Waals surface area (Å²) in [5.41, 5.74) is 0. The van der Waals surface area contributed by atoms with Crippen LogP contribution in [0.1, 0.15) is 6.42 Å². The minimum atomic E-state index is -0.494. The highest BCUT2D eigenvalue weighted by Crippen LogP contribution is 1.79. The summed E-state index contributed by atoms with van der Waals surface area (Å²) < 4.78 is 0. The van der Waals surface area contributed by atoms with Crippen molar-refractivity contribution in [1.29, 1.82) is 5.26 Å². The quantitative estimate of drug-likeness (QED) is 0.425. The Kier molecular flexibility index (Phi) is 6.08.